The van der Waals surface area contributed by atoms with Gasteiger partial charge in [0.25, 0.3) is 0 Å². The summed E-state index contributed by atoms with van der Waals surface area (Å²) in [4.78, 5) is 4.04. The van der Waals surface area contributed by atoms with Gasteiger partial charge in [-0.25, -0.2) is 9.37 Å². The molecule has 14 heavy (non-hydrogen) atoms. The van der Waals surface area contributed by atoms with Crippen LogP contribution in [0.2, 0.25) is 0 Å². The highest BCUT2D eigenvalue weighted by molar-refractivity contribution is 9.10. The van der Waals surface area contributed by atoms with Gasteiger partial charge in [0.1, 0.15) is 12.1 Å². The molecule has 0 unspecified atom stereocenters. The lowest BCUT2D eigenvalue weighted by Crippen LogP contribution is -1.89. The van der Waals surface area contributed by atoms with Crippen molar-refractivity contribution in [3.63, 3.8) is 0 Å². The summed E-state index contributed by atoms with van der Waals surface area (Å²) in [6.45, 7) is 0. The Bertz CT molecular complexity index is 467. The number of hydrogen-bond acceptors (Lipinski definition) is 2. The minimum Gasteiger partial charge on any atom is -0.255 e. The summed E-state index contributed by atoms with van der Waals surface area (Å²) < 4.78 is 15.1. The van der Waals surface area contributed by atoms with Gasteiger partial charge in [-0.15, -0.1) is 0 Å². The average molecular weight is 256 g/mol. The molecule has 0 aliphatic carbocycles. The Labute approximate surface area is 88.7 Å². The maximum absolute atomic E-state index is 13.2. The zero-order chi connectivity index (χ0) is 10.1. The lowest BCUT2D eigenvalue weighted by molar-refractivity contribution is 0.621. The third kappa shape index (κ3) is 1.55. The summed E-state index contributed by atoms with van der Waals surface area (Å²) in [5, 5.41) is 4.09. The number of benzene rings is 1. The highest BCUT2D eigenvalue weighted by Crippen LogP contribution is 2.27. The molecule has 2 aromatic rings. The van der Waals surface area contributed by atoms with Crippen LogP contribution < -0.4 is 0 Å². The first-order chi connectivity index (χ1) is 6.68. The second-order valence-electron chi connectivity index (χ2n) is 2.84. The Balaban J connectivity index is 2.57. The van der Waals surface area contributed by atoms with E-state index in [4.69, 9.17) is 0 Å². The van der Waals surface area contributed by atoms with Gasteiger partial charge < -0.3 is 0 Å². The Kier molecular flexibility index (Phi) is 2.33. The lowest BCUT2D eigenvalue weighted by Gasteiger charge is -1.99. The molecular weight excluding hydrogens is 249 g/mol. The van der Waals surface area contributed by atoms with Crippen molar-refractivity contribution in [2.75, 3.05) is 0 Å². The van der Waals surface area contributed by atoms with Crippen LogP contribution in [0, 0.1) is 5.82 Å². The molecule has 0 saturated carbocycles. The van der Waals surface area contributed by atoms with E-state index in [0.717, 1.165) is 0 Å². The predicted molar refractivity (Wildman–Crippen MR) is 54.1 cm³/mol. The largest absolute Gasteiger partial charge is 0.255 e. The first-order valence-corrected chi connectivity index (χ1v) is 4.78. The molecule has 1 aromatic heterocycles. The van der Waals surface area contributed by atoms with Crippen molar-refractivity contribution in [1.29, 1.82) is 0 Å². The monoisotopic (exact) mass is 255 g/mol. The van der Waals surface area contributed by atoms with Crippen molar-refractivity contribution in [3.05, 3.63) is 34.8 Å². The van der Waals surface area contributed by atoms with Crippen LogP contribution in [0.4, 0.5) is 4.39 Å². The van der Waals surface area contributed by atoms with Crippen molar-refractivity contribution < 1.29 is 4.39 Å². The molecule has 72 valence electrons. The van der Waals surface area contributed by atoms with Crippen molar-refractivity contribution in [2.45, 2.75) is 0 Å². The fraction of sp³-hybridized carbons (Fsp3) is 0.111. The number of rotatable bonds is 1. The minimum absolute atomic E-state index is 0.310. The number of nitrogens with zero attached hydrogens (tertiary/aromatic N) is 3. The van der Waals surface area contributed by atoms with E-state index in [-0.39, 0.29) is 5.82 Å². The molecule has 2 rings (SSSR count). The highest BCUT2D eigenvalue weighted by Gasteiger charge is 2.10. The summed E-state index contributed by atoms with van der Waals surface area (Å²) in [7, 11) is 1.77. The van der Waals surface area contributed by atoms with E-state index in [1.165, 1.54) is 6.07 Å². The van der Waals surface area contributed by atoms with Gasteiger partial charge in [0.15, 0.2) is 5.82 Å². The van der Waals surface area contributed by atoms with Crippen LogP contribution in [-0.2, 0) is 7.05 Å². The standard InChI is InChI=1S/C9H7BrFN3/c1-14-5-12-9(13-14)6-3-2-4-7(11)8(6)10/h2-5H,1H3. The predicted octanol–water partition coefficient (Wildman–Crippen LogP) is 2.38. The van der Waals surface area contributed by atoms with Crippen molar-refractivity contribution >= 4 is 15.9 Å². The van der Waals surface area contributed by atoms with E-state index < -0.39 is 0 Å². The molecule has 0 spiro atoms. The Morgan fingerprint density at radius 1 is 1.43 bits per heavy atom. The number of halogens is 2. The first-order valence-electron chi connectivity index (χ1n) is 3.98. The van der Waals surface area contributed by atoms with Crippen LogP contribution in [0.25, 0.3) is 11.4 Å². The summed E-state index contributed by atoms with van der Waals surface area (Å²) in [6, 6.07) is 4.78. The Morgan fingerprint density at radius 2 is 2.21 bits per heavy atom. The fourth-order valence-electron chi connectivity index (χ4n) is 1.14. The first kappa shape index (κ1) is 9.33. The van der Waals surface area contributed by atoms with Crippen molar-refractivity contribution in [3.8, 4) is 11.4 Å². The van der Waals surface area contributed by atoms with Gasteiger partial charge >= 0.3 is 0 Å². The second kappa shape index (κ2) is 3.49. The number of hydrogen-bond donors (Lipinski definition) is 0. The molecule has 0 aliphatic rings. The highest BCUT2D eigenvalue weighted by atomic mass is 79.9. The third-order valence-electron chi connectivity index (χ3n) is 1.79. The van der Waals surface area contributed by atoms with E-state index in [0.29, 0.717) is 15.9 Å². The van der Waals surface area contributed by atoms with Gasteiger partial charge in [-0.05, 0) is 28.1 Å². The van der Waals surface area contributed by atoms with Crippen LogP contribution in [0.3, 0.4) is 0 Å². The molecule has 0 radical (unpaired) electrons. The van der Waals surface area contributed by atoms with Crippen molar-refractivity contribution in [2.24, 2.45) is 7.05 Å². The Morgan fingerprint density at radius 3 is 2.86 bits per heavy atom. The Hall–Kier alpha value is -1.23. The van der Waals surface area contributed by atoms with E-state index >= 15 is 0 Å². The molecule has 0 N–H and O–H groups in total. The normalized spacial score (nSPS) is 10.5. The molecule has 0 bridgehead atoms. The molecule has 0 amide bonds. The molecule has 0 saturated heterocycles. The van der Waals surface area contributed by atoms with Gasteiger partial charge in [-0.2, -0.15) is 5.10 Å². The number of aromatic nitrogens is 3. The zero-order valence-electron chi connectivity index (χ0n) is 7.41. The third-order valence-corrected chi connectivity index (χ3v) is 2.60. The summed E-state index contributed by atoms with van der Waals surface area (Å²) in [5.74, 6) is 0.203. The van der Waals surface area contributed by atoms with Crippen LogP contribution in [-0.4, -0.2) is 14.8 Å². The molecule has 0 aliphatic heterocycles. The van der Waals surface area contributed by atoms with Gasteiger partial charge in [0, 0.05) is 12.6 Å². The average Bonchev–Trinajstić information content (AvgIpc) is 2.57. The molecule has 3 nitrogen and oxygen atoms in total. The fourth-order valence-corrected chi connectivity index (χ4v) is 1.58. The van der Waals surface area contributed by atoms with Gasteiger partial charge in [-0.1, -0.05) is 6.07 Å². The van der Waals surface area contributed by atoms with E-state index in [2.05, 4.69) is 26.0 Å². The van der Waals surface area contributed by atoms with E-state index in [9.17, 15) is 4.39 Å². The minimum atomic E-state index is -0.310. The molecular formula is C9H7BrFN3. The molecule has 0 atom stereocenters. The van der Waals surface area contributed by atoms with E-state index in [1.54, 1.807) is 30.2 Å². The lowest BCUT2D eigenvalue weighted by atomic mass is 10.2. The molecule has 0 fully saturated rings. The SMILES string of the molecule is Cn1cnc(-c2cccc(F)c2Br)n1. The smallest absolute Gasteiger partial charge is 0.182 e. The summed E-state index contributed by atoms with van der Waals surface area (Å²) in [5.41, 5.74) is 0.658. The van der Waals surface area contributed by atoms with Gasteiger partial charge in [0.05, 0.1) is 4.47 Å². The van der Waals surface area contributed by atoms with Gasteiger partial charge in [-0.3, -0.25) is 4.68 Å². The van der Waals surface area contributed by atoms with Crippen molar-refractivity contribution in [1.82, 2.24) is 14.8 Å². The molecule has 1 aromatic carbocycles. The summed E-state index contributed by atoms with van der Waals surface area (Å²) >= 11 is 3.16. The zero-order valence-corrected chi connectivity index (χ0v) is 8.99. The summed E-state index contributed by atoms with van der Waals surface area (Å²) in [6.07, 6.45) is 1.58. The maximum Gasteiger partial charge on any atom is 0.182 e. The van der Waals surface area contributed by atoms with E-state index in [1.807, 2.05) is 0 Å². The quantitative estimate of drug-likeness (QED) is 0.784. The van der Waals surface area contributed by atoms with Crippen LogP contribution in [0.15, 0.2) is 29.0 Å². The molecule has 5 heteroatoms. The topological polar surface area (TPSA) is 30.7 Å². The maximum atomic E-state index is 13.2. The van der Waals surface area contributed by atoms with Crippen LogP contribution >= 0.6 is 15.9 Å². The van der Waals surface area contributed by atoms with Crippen LogP contribution in [0.1, 0.15) is 0 Å². The molecule has 1 heterocycles. The second-order valence-corrected chi connectivity index (χ2v) is 3.64. The number of aryl methyl sites for hydroxylation is 1. The van der Waals surface area contributed by atoms with Crippen LogP contribution in [0.5, 0.6) is 0 Å². The van der Waals surface area contributed by atoms with Gasteiger partial charge in [0.2, 0.25) is 0 Å².